The van der Waals surface area contributed by atoms with Crippen LogP contribution in [0.5, 0.6) is 0 Å². The zero-order chi connectivity index (χ0) is 8.11. The van der Waals surface area contributed by atoms with Crippen molar-refractivity contribution < 1.29 is 13.5 Å². The summed E-state index contributed by atoms with van der Waals surface area (Å²) in [5.41, 5.74) is 4.30. The molecule has 2 N–H and O–H groups in total. The Bertz CT molecular complexity index is 190. The highest BCUT2D eigenvalue weighted by Crippen LogP contribution is 2.68. The molecule has 1 saturated heterocycles. The van der Waals surface area contributed by atoms with E-state index in [1.165, 1.54) is 0 Å². The van der Waals surface area contributed by atoms with E-state index in [0.717, 1.165) is 0 Å². The lowest BCUT2D eigenvalue weighted by molar-refractivity contribution is 0.0151. The number of nitrogens with two attached hydrogens (primary N) is 1. The van der Waals surface area contributed by atoms with Crippen molar-refractivity contribution in [2.45, 2.75) is 12.3 Å². The number of alkyl halides is 2. The summed E-state index contributed by atoms with van der Waals surface area (Å²) in [6.07, 6.45) is 0.462. The van der Waals surface area contributed by atoms with Gasteiger partial charge in [0.15, 0.2) is 0 Å². The minimum Gasteiger partial charge on any atom is -0.381 e. The summed E-state index contributed by atoms with van der Waals surface area (Å²) in [4.78, 5) is 0. The Morgan fingerprint density at radius 2 is 2.17 bits per heavy atom. The molecule has 2 unspecified atom stereocenters. The SMILES string of the molecule is Cl.NCC12COCCC1C2(F)F. The first-order valence-corrected chi connectivity index (χ1v) is 3.81. The van der Waals surface area contributed by atoms with Gasteiger partial charge >= 0.3 is 0 Å². The number of hydrogen-bond donors (Lipinski definition) is 1. The second-order valence-electron chi connectivity index (χ2n) is 3.38. The summed E-state index contributed by atoms with van der Waals surface area (Å²) in [5.74, 6) is -3.06. The molecule has 0 aromatic heterocycles. The van der Waals surface area contributed by atoms with Crippen LogP contribution in [0.4, 0.5) is 8.78 Å². The first kappa shape index (κ1) is 10.2. The largest absolute Gasteiger partial charge is 0.381 e. The maximum absolute atomic E-state index is 13.0. The van der Waals surface area contributed by atoms with E-state index in [2.05, 4.69) is 0 Å². The van der Waals surface area contributed by atoms with Crippen LogP contribution in [-0.2, 0) is 4.74 Å². The Labute approximate surface area is 75.9 Å². The monoisotopic (exact) mass is 199 g/mol. The van der Waals surface area contributed by atoms with Crippen LogP contribution in [0.2, 0.25) is 0 Å². The molecule has 0 aromatic rings. The molecule has 5 heteroatoms. The highest BCUT2D eigenvalue weighted by atomic mass is 35.5. The Kier molecular flexibility index (Phi) is 2.36. The van der Waals surface area contributed by atoms with Crippen molar-refractivity contribution in [2.75, 3.05) is 19.8 Å². The molecule has 1 saturated carbocycles. The van der Waals surface area contributed by atoms with Crippen molar-refractivity contribution >= 4 is 12.4 Å². The topological polar surface area (TPSA) is 35.2 Å². The molecule has 2 nitrogen and oxygen atoms in total. The quantitative estimate of drug-likeness (QED) is 0.685. The van der Waals surface area contributed by atoms with Crippen LogP contribution in [-0.4, -0.2) is 25.7 Å². The van der Waals surface area contributed by atoms with Gasteiger partial charge in [-0.05, 0) is 6.42 Å². The number of halogens is 3. The number of rotatable bonds is 1. The molecule has 0 amide bonds. The van der Waals surface area contributed by atoms with E-state index in [1.54, 1.807) is 0 Å². The van der Waals surface area contributed by atoms with Crippen LogP contribution in [0.3, 0.4) is 0 Å². The summed E-state index contributed by atoms with van der Waals surface area (Å²) in [5, 5.41) is 0. The van der Waals surface area contributed by atoms with Crippen molar-refractivity contribution in [2.24, 2.45) is 17.1 Å². The minimum atomic E-state index is -2.56. The zero-order valence-electron chi connectivity index (χ0n) is 6.56. The van der Waals surface area contributed by atoms with Gasteiger partial charge in [0, 0.05) is 19.1 Å². The van der Waals surface area contributed by atoms with Crippen LogP contribution in [0.15, 0.2) is 0 Å². The Balaban J connectivity index is 0.000000720. The van der Waals surface area contributed by atoms with Gasteiger partial charge in [-0.1, -0.05) is 0 Å². The van der Waals surface area contributed by atoms with E-state index in [9.17, 15) is 8.78 Å². The lowest BCUT2D eigenvalue weighted by Gasteiger charge is -2.18. The first-order chi connectivity index (χ1) is 5.15. The van der Waals surface area contributed by atoms with Crippen molar-refractivity contribution in [3.05, 3.63) is 0 Å². The van der Waals surface area contributed by atoms with Gasteiger partial charge in [0.1, 0.15) is 0 Å². The van der Waals surface area contributed by atoms with Crippen LogP contribution < -0.4 is 5.73 Å². The lowest BCUT2D eigenvalue weighted by Crippen LogP contribution is -2.30. The van der Waals surface area contributed by atoms with E-state index in [1.807, 2.05) is 0 Å². The van der Waals surface area contributed by atoms with Gasteiger partial charge in [-0.3, -0.25) is 0 Å². The van der Waals surface area contributed by atoms with E-state index in [0.29, 0.717) is 13.0 Å². The molecule has 1 aliphatic heterocycles. The van der Waals surface area contributed by atoms with Gasteiger partial charge in [0.05, 0.1) is 12.0 Å². The molecular weight excluding hydrogens is 188 g/mol. The van der Waals surface area contributed by atoms with Crippen molar-refractivity contribution in [3.8, 4) is 0 Å². The maximum Gasteiger partial charge on any atom is 0.261 e. The third-order valence-electron chi connectivity index (χ3n) is 2.96. The molecule has 2 fully saturated rings. The summed E-state index contributed by atoms with van der Waals surface area (Å²) >= 11 is 0. The predicted octanol–water partition coefficient (Wildman–Crippen LogP) is 1.04. The van der Waals surface area contributed by atoms with Crippen LogP contribution in [0, 0.1) is 11.3 Å². The molecule has 0 bridgehead atoms. The minimum absolute atomic E-state index is 0. The van der Waals surface area contributed by atoms with Crippen LogP contribution in [0.25, 0.3) is 0 Å². The highest BCUT2D eigenvalue weighted by Gasteiger charge is 2.80. The maximum atomic E-state index is 13.0. The zero-order valence-corrected chi connectivity index (χ0v) is 7.37. The molecule has 2 atom stereocenters. The standard InChI is InChI=1S/C7H11F2NO.ClH/c8-7(9)5-1-2-11-4-6(5,7)3-10;/h5H,1-4,10H2;1H. The second kappa shape index (κ2) is 2.79. The first-order valence-electron chi connectivity index (χ1n) is 3.81. The third kappa shape index (κ3) is 0.916. The second-order valence-corrected chi connectivity index (χ2v) is 3.38. The van der Waals surface area contributed by atoms with Gasteiger partial charge in [0.25, 0.3) is 5.92 Å². The average molecular weight is 200 g/mol. The smallest absolute Gasteiger partial charge is 0.261 e. The Morgan fingerprint density at radius 1 is 1.50 bits per heavy atom. The van der Waals surface area contributed by atoms with Crippen LogP contribution in [0.1, 0.15) is 6.42 Å². The number of hydrogen-bond acceptors (Lipinski definition) is 2. The number of fused-ring (bicyclic) bond motifs is 1. The van der Waals surface area contributed by atoms with Gasteiger partial charge in [-0.2, -0.15) is 0 Å². The van der Waals surface area contributed by atoms with E-state index < -0.39 is 17.3 Å². The van der Waals surface area contributed by atoms with Crippen molar-refractivity contribution in [1.82, 2.24) is 0 Å². The fraction of sp³-hybridized carbons (Fsp3) is 1.00. The van der Waals surface area contributed by atoms with Crippen molar-refractivity contribution in [1.29, 1.82) is 0 Å². The van der Waals surface area contributed by atoms with Gasteiger partial charge in [0.2, 0.25) is 0 Å². The molecule has 2 rings (SSSR count). The lowest BCUT2D eigenvalue weighted by atomic mass is 10.0. The third-order valence-corrected chi connectivity index (χ3v) is 2.96. The van der Waals surface area contributed by atoms with Crippen molar-refractivity contribution in [3.63, 3.8) is 0 Å². The average Bonchev–Trinajstić information content (AvgIpc) is 2.52. The molecule has 0 aromatic carbocycles. The number of ether oxygens (including phenoxy) is 1. The highest BCUT2D eigenvalue weighted by molar-refractivity contribution is 5.85. The molecule has 2 aliphatic rings. The van der Waals surface area contributed by atoms with E-state index in [4.69, 9.17) is 10.5 Å². The molecule has 0 spiro atoms. The Morgan fingerprint density at radius 3 is 2.58 bits per heavy atom. The normalized spacial score (nSPS) is 42.8. The van der Waals surface area contributed by atoms with E-state index in [-0.39, 0.29) is 25.6 Å². The summed E-state index contributed by atoms with van der Waals surface area (Å²) in [6, 6.07) is 0. The molecule has 1 aliphatic carbocycles. The molecule has 72 valence electrons. The summed E-state index contributed by atoms with van der Waals surface area (Å²) < 4.78 is 31.0. The summed E-state index contributed by atoms with van der Waals surface area (Å²) in [6.45, 7) is 0.647. The fourth-order valence-corrected chi connectivity index (χ4v) is 2.04. The fourth-order valence-electron chi connectivity index (χ4n) is 2.04. The molecule has 1 heterocycles. The van der Waals surface area contributed by atoms with Crippen LogP contribution >= 0.6 is 12.4 Å². The van der Waals surface area contributed by atoms with Gasteiger partial charge in [-0.25, -0.2) is 8.78 Å². The van der Waals surface area contributed by atoms with E-state index >= 15 is 0 Å². The molecular formula is C7H12ClF2NO. The van der Waals surface area contributed by atoms with Gasteiger partial charge in [-0.15, -0.1) is 12.4 Å². The predicted molar refractivity (Wildman–Crippen MR) is 42.6 cm³/mol. The van der Waals surface area contributed by atoms with Gasteiger partial charge < -0.3 is 10.5 Å². The molecule has 12 heavy (non-hydrogen) atoms. The Hall–Kier alpha value is 0.0700. The summed E-state index contributed by atoms with van der Waals surface area (Å²) in [7, 11) is 0. The molecule has 0 radical (unpaired) electrons.